The van der Waals surface area contributed by atoms with Gasteiger partial charge in [-0.1, -0.05) is 12.1 Å². The van der Waals surface area contributed by atoms with E-state index in [2.05, 4.69) is 5.32 Å². The second kappa shape index (κ2) is 8.25. The van der Waals surface area contributed by atoms with E-state index in [1.807, 2.05) is 31.2 Å². The summed E-state index contributed by atoms with van der Waals surface area (Å²) in [6.45, 7) is 3.79. The maximum Gasteiger partial charge on any atom is 0.260 e. The summed E-state index contributed by atoms with van der Waals surface area (Å²) in [5.74, 6) is 0.685. The van der Waals surface area contributed by atoms with Crippen molar-refractivity contribution >= 4 is 18.3 Å². The lowest BCUT2D eigenvalue weighted by molar-refractivity contribution is -0.128. The van der Waals surface area contributed by atoms with Crippen LogP contribution in [-0.4, -0.2) is 24.1 Å². The molecule has 1 aliphatic carbocycles. The highest BCUT2D eigenvalue weighted by Crippen LogP contribution is 2.18. The summed E-state index contributed by atoms with van der Waals surface area (Å²) in [6, 6.07) is 8.27. The molecule has 1 amide bonds. The summed E-state index contributed by atoms with van der Waals surface area (Å²) in [5.41, 5.74) is 6.99. The third-order valence-corrected chi connectivity index (χ3v) is 3.79. The number of rotatable bonds is 4. The number of hydrogen-bond acceptors (Lipinski definition) is 3. The van der Waals surface area contributed by atoms with E-state index in [1.165, 1.54) is 0 Å². The number of nitrogens with one attached hydrogen (secondary N) is 1. The second-order valence-corrected chi connectivity index (χ2v) is 5.70. The van der Waals surface area contributed by atoms with Gasteiger partial charge in [-0.15, -0.1) is 12.4 Å². The Bertz CT molecular complexity index is 459. The van der Waals surface area contributed by atoms with E-state index >= 15 is 0 Å². The van der Waals surface area contributed by atoms with Crippen molar-refractivity contribution in [3.05, 3.63) is 29.8 Å². The first-order valence-electron chi connectivity index (χ1n) is 7.34. The maximum absolute atomic E-state index is 12.1. The van der Waals surface area contributed by atoms with E-state index in [-0.39, 0.29) is 24.4 Å². The molecule has 0 heterocycles. The van der Waals surface area contributed by atoms with Crippen LogP contribution in [-0.2, 0) is 4.79 Å². The molecule has 5 heteroatoms. The summed E-state index contributed by atoms with van der Waals surface area (Å²) >= 11 is 0. The Morgan fingerprint density at radius 3 is 2.62 bits per heavy atom. The fourth-order valence-electron chi connectivity index (χ4n) is 2.53. The zero-order valence-electron chi connectivity index (χ0n) is 12.7. The molecule has 1 unspecified atom stereocenters. The number of carbonyl (C=O) groups is 1. The lowest BCUT2D eigenvalue weighted by Crippen LogP contribution is -2.45. The molecule has 1 saturated carbocycles. The molecular weight excluding hydrogens is 288 g/mol. The quantitative estimate of drug-likeness (QED) is 0.898. The van der Waals surface area contributed by atoms with Crippen LogP contribution in [0, 0.1) is 6.92 Å². The number of ether oxygens (including phenoxy) is 1. The monoisotopic (exact) mass is 312 g/mol. The number of aryl methyl sites for hydroxylation is 1. The number of halogens is 1. The number of benzene rings is 1. The van der Waals surface area contributed by atoms with Crippen LogP contribution in [0.2, 0.25) is 0 Å². The van der Waals surface area contributed by atoms with Gasteiger partial charge in [0, 0.05) is 12.1 Å². The molecule has 1 fully saturated rings. The van der Waals surface area contributed by atoms with E-state index in [0.29, 0.717) is 6.04 Å². The maximum atomic E-state index is 12.1. The van der Waals surface area contributed by atoms with Crippen molar-refractivity contribution in [2.45, 2.75) is 57.7 Å². The molecular formula is C16H25ClN2O2. The molecule has 1 aromatic carbocycles. The van der Waals surface area contributed by atoms with Gasteiger partial charge in [-0.05, 0) is 57.2 Å². The van der Waals surface area contributed by atoms with Crippen molar-refractivity contribution in [2.75, 3.05) is 0 Å². The second-order valence-electron chi connectivity index (χ2n) is 5.70. The van der Waals surface area contributed by atoms with Gasteiger partial charge in [-0.25, -0.2) is 0 Å². The lowest BCUT2D eigenvalue weighted by atomic mass is 9.92. The Labute approximate surface area is 132 Å². The lowest BCUT2D eigenvalue weighted by Gasteiger charge is -2.27. The van der Waals surface area contributed by atoms with Gasteiger partial charge in [-0.2, -0.15) is 0 Å². The third-order valence-electron chi connectivity index (χ3n) is 3.79. The van der Waals surface area contributed by atoms with Crippen molar-refractivity contribution in [3.8, 4) is 5.75 Å². The minimum Gasteiger partial charge on any atom is -0.481 e. The first-order chi connectivity index (χ1) is 9.54. The fraction of sp³-hybridized carbons (Fsp3) is 0.562. The number of amides is 1. The van der Waals surface area contributed by atoms with Crippen LogP contribution in [0.3, 0.4) is 0 Å². The van der Waals surface area contributed by atoms with E-state index in [0.717, 1.165) is 37.0 Å². The van der Waals surface area contributed by atoms with Crippen LogP contribution in [0.1, 0.15) is 38.2 Å². The van der Waals surface area contributed by atoms with Crippen molar-refractivity contribution < 1.29 is 9.53 Å². The third kappa shape index (κ3) is 5.56. The Balaban J connectivity index is 0.00000220. The smallest absolute Gasteiger partial charge is 0.260 e. The molecule has 0 spiro atoms. The van der Waals surface area contributed by atoms with E-state index in [9.17, 15) is 4.79 Å². The highest BCUT2D eigenvalue weighted by atomic mass is 35.5. The summed E-state index contributed by atoms with van der Waals surface area (Å²) < 4.78 is 5.68. The molecule has 1 aromatic rings. The van der Waals surface area contributed by atoms with Crippen molar-refractivity contribution in [1.29, 1.82) is 0 Å². The van der Waals surface area contributed by atoms with Crippen molar-refractivity contribution in [1.82, 2.24) is 5.32 Å². The van der Waals surface area contributed by atoms with Gasteiger partial charge in [0.2, 0.25) is 0 Å². The van der Waals surface area contributed by atoms with E-state index < -0.39 is 6.10 Å². The molecule has 21 heavy (non-hydrogen) atoms. The number of nitrogens with two attached hydrogens (primary N) is 1. The Morgan fingerprint density at radius 2 is 2.00 bits per heavy atom. The summed E-state index contributed by atoms with van der Waals surface area (Å²) in [4.78, 5) is 12.1. The molecule has 1 aliphatic rings. The fourth-order valence-corrected chi connectivity index (χ4v) is 2.53. The van der Waals surface area contributed by atoms with Crippen LogP contribution in [0.25, 0.3) is 0 Å². The standard InChI is InChI=1S/C16H24N2O2.ClH/c1-11-4-3-5-15(10-11)20-12(2)16(19)18-14-8-6-13(17)7-9-14;/h3-5,10,12-14H,6-9,17H2,1-2H3,(H,18,19);1H. The topological polar surface area (TPSA) is 64.3 Å². The minimum atomic E-state index is -0.479. The zero-order valence-corrected chi connectivity index (χ0v) is 13.5. The molecule has 1 atom stereocenters. The molecule has 2 rings (SSSR count). The average Bonchev–Trinajstić information content (AvgIpc) is 2.41. The number of carbonyl (C=O) groups excluding carboxylic acids is 1. The first-order valence-corrected chi connectivity index (χ1v) is 7.34. The van der Waals surface area contributed by atoms with Crippen molar-refractivity contribution in [2.24, 2.45) is 5.73 Å². The Hall–Kier alpha value is -1.26. The predicted molar refractivity (Wildman–Crippen MR) is 86.9 cm³/mol. The summed E-state index contributed by atoms with van der Waals surface area (Å²) in [6.07, 6.45) is 3.41. The molecule has 0 aliphatic heterocycles. The summed E-state index contributed by atoms with van der Waals surface area (Å²) in [7, 11) is 0. The first kappa shape index (κ1) is 17.8. The van der Waals surface area contributed by atoms with Gasteiger partial charge < -0.3 is 15.8 Å². The molecule has 118 valence electrons. The highest BCUT2D eigenvalue weighted by Gasteiger charge is 2.23. The van der Waals surface area contributed by atoms with Crippen molar-refractivity contribution in [3.63, 3.8) is 0 Å². The Kier molecular flexibility index (Phi) is 6.99. The van der Waals surface area contributed by atoms with Gasteiger partial charge in [-0.3, -0.25) is 4.79 Å². The molecule has 0 saturated heterocycles. The SMILES string of the molecule is Cc1cccc(OC(C)C(=O)NC2CCC(N)CC2)c1.Cl. The molecule has 4 nitrogen and oxygen atoms in total. The molecule has 0 bridgehead atoms. The van der Waals surface area contributed by atoms with Crippen LogP contribution in [0.4, 0.5) is 0 Å². The molecule has 0 aromatic heterocycles. The van der Waals surface area contributed by atoms with Gasteiger partial charge in [0.05, 0.1) is 0 Å². The number of hydrogen-bond donors (Lipinski definition) is 2. The van der Waals surface area contributed by atoms with Crippen LogP contribution in [0.5, 0.6) is 5.75 Å². The molecule has 3 N–H and O–H groups in total. The largest absolute Gasteiger partial charge is 0.481 e. The van der Waals surface area contributed by atoms with Gasteiger partial charge in [0.25, 0.3) is 5.91 Å². The van der Waals surface area contributed by atoms with Crippen LogP contribution in [0.15, 0.2) is 24.3 Å². The zero-order chi connectivity index (χ0) is 14.5. The van der Waals surface area contributed by atoms with Gasteiger partial charge >= 0.3 is 0 Å². The van der Waals surface area contributed by atoms with Gasteiger partial charge in [0.15, 0.2) is 6.10 Å². The van der Waals surface area contributed by atoms with E-state index in [4.69, 9.17) is 10.5 Å². The summed E-state index contributed by atoms with van der Waals surface area (Å²) in [5, 5.41) is 3.05. The average molecular weight is 313 g/mol. The van der Waals surface area contributed by atoms with Gasteiger partial charge in [0.1, 0.15) is 5.75 Å². The molecule has 0 radical (unpaired) electrons. The van der Waals surface area contributed by atoms with Crippen LogP contribution < -0.4 is 15.8 Å². The normalized spacial score (nSPS) is 22.8. The predicted octanol–water partition coefficient (Wildman–Crippen LogP) is 2.57. The van der Waals surface area contributed by atoms with E-state index in [1.54, 1.807) is 6.92 Å². The Morgan fingerprint density at radius 1 is 1.33 bits per heavy atom. The van der Waals surface area contributed by atoms with Crippen LogP contribution >= 0.6 is 12.4 Å². The minimum absolute atomic E-state index is 0. The highest BCUT2D eigenvalue weighted by molar-refractivity contribution is 5.85.